The lowest BCUT2D eigenvalue weighted by Crippen LogP contribution is -2.19. The molecule has 6 nitrogen and oxygen atoms in total. The smallest absolute Gasteiger partial charge is 0.271 e. The van der Waals surface area contributed by atoms with Crippen LogP contribution >= 0.6 is 0 Å². The maximum absolute atomic E-state index is 12.2. The van der Waals surface area contributed by atoms with Crippen LogP contribution in [0, 0.1) is 0 Å². The quantitative estimate of drug-likeness (QED) is 0.846. The number of amides is 1. The Morgan fingerprint density at radius 1 is 1.05 bits per heavy atom. The van der Waals surface area contributed by atoms with Gasteiger partial charge in [0.25, 0.3) is 5.91 Å². The molecule has 2 rings (SSSR count). The van der Waals surface area contributed by atoms with Crippen molar-refractivity contribution in [3.8, 4) is 17.2 Å². The summed E-state index contributed by atoms with van der Waals surface area (Å²) >= 11 is 0. The third-order valence-corrected chi connectivity index (χ3v) is 3.42. The summed E-state index contributed by atoms with van der Waals surface area (Å²) in [5.41, 5.74) is 4.02. The maximum atomic E-state index is 12.2. The molecule has 0 radical (unpaired) electrons. The van der Waals surface area contributed by atoms with Gasteiger partial charge in [-0.25, -0.2) is 5.43 Å². The van der Waals surface area contributed by atoms with Crippen LogP contribution in [0.15, 0.2) is 17.2 Å². The van der Waals surface area contributed by atoms with E-state index in [4.69, 9.17) is 14.2 Å². The first kappa shape index (κ1) is 15.2. The highest BCUT2D eigenvalue weighted by atomic mass is 16.5. The van der Waals surface area contributed by atoms with Crippen molar-refractivity contribution in [2.24, 2.45) is 5.10 Å². The van der Waals surface area contributed by atoms with Crippen molar-refractivity contribution in [2.45, 2.75) is 25.7 Å². The molecule has 1 N–H and O–H groups in total. The van der Waals surface area contributed by atoms with Gasteiger partial charge in [0.2, 0.25) is 5.75 Å². The van der Waals surface area contributed by atoms with Crippen LogP contribution in [-0.4, -0.2) is 32.9 Å². The van der Waals surface area contributed by atoms with E-state index in [1.165, 1.54) is 21.3 Å². The number of benzene rings is 1. The number of ether oxygens (including phenoxy) is 3. The van der Waals surface area contributed by atoms with Crippen LogP contribution in [0.4, 0.5) is 0 Å². The molecule has 1 aromatic carbocycles. The summed E-state index contributed by atoms with van der Waals surface area (Å²) in [6, 6.07) is 3.21. The Hall–Kier alpha value is -2.24. The van der Waals surface area contributed by atoms with Crippen LogP contribution in [0.5, 0.6) is 17.2 Å². The van der Waals surface area contributed by atoms with E-state index in [1.54, 1.807) is 12.1 Å². The summed E-state index contributed by atoms with van der Waals surface area (Å²) in [5, 5.41) is 4.16. The van der Waals surface area contributed by atoms with Crippen molar-refractivity contribution in [3.63, 3.8) is 0 Å². The molecule has 0 atom stereocenters. The minimum Gasteiger partial charge on any atom is -0.493 e. The molecular weight excluding hydrogens is 272 g/mol. The standard InChI is InChI=1S/C15H20N2O4/c1-19-12-8-10(9-13(20-2)14(12)21-3)15(18)17-16-11-6-4-5-7-11/h8-9H,4-7H2,1-3H3,(H,17,18). The van der Waals surface area contributed by atoms with E-state index in [-0.39, 0.29) is 5.91 Å². The van der Waals surface area contributed by atoms with Gasteiger partial charge in [-0.2, -0.15) is 5.10 Å². The van der Waals surface area contributed by atoms with Crippen molar-refractivity contribution < 1.29 is 19.0 Å². The van der Waals surface area contributed by atoms with E-state index in [0.29, 0.717) is 22.8 Å². The van der Waals surface area contributed by atoms with E-state index >= 15 is 0 Å². The third kappa shape index (κ3) is 3.45. The first-order valence-electron chi connectivity index (χ1n) is 6.85. The highest BCUT2D eigenvalue weighted by Gasteiger charge is 2.17. The summed E-state index contributed by atoms with van der Waals surface area (Å²) in [5.74, 6) is 1.04. The second-order valence-corrected chi connectivity index (χ2v) is 4.74. The number of methoxy groups -OCH3 is 3. The van der Waals surface area contributed by atoms with Crippen molar-refractivity contribution in [3.05, 3.63) is 17.7 Å². The number of rotatable bonds is 5. The lowest BCUT2D eigenvalue weighted by atomic mass is 10.1. The number of hydrogen-bond acceptors (Lipinski definition) is 5. The molecule has 21 heavy (non-hydrogen) atoms. The first-order chi connectivity index (χ1) is 10.2. The number of nitrogens with one attached hydrogen (secondary N) is 1. The summed E-state index contributed by atoms with van der Waals surface area (Å²) < 4.78 is 15.7. The van der Waals surface area contributed by atoms with Gasteiger partial charge in [0.05, 0.1) is 21.3 Å². The lowest BCUT2D eigenvalue weighted by Gasteiger charge is -2.13. The number of hydrazone groups is 1. The van der Waals surface area contributed by atoms with Crippen LogP contribution in [0.2, 0.25) is 0 Å². The largest absolute Gasteiger partial charge is 0.493 e. The molecule has 0 saturated heterocycles. The minimum atomic E-state index is -0.298. The molecule has 0 spiro atoms. The summed E-state index contributed by atoms with van der Waals surface area (Å²) in [4.78, 5) is 12.2. The molecule has 1 fully saturated rings. The predicted molar refractivity (Wildman–Crippen MR) is 79.5 cm³/mol. The molecule has 1 amide bonds. The van der Waals surface area contributed by atoms with E-state index < -0.39 is 0 Å². The van der Waals surface area contributed by atoms with Crippen molar-refractivity contribution in [1.82, 2.24) is 5.43 Å². The zero-order chi connectivity index (χ0) is 15.2. The second kappa shape index (κ2) is 6.97. The normalized spacial score (nSPS) is 13.8. The topological polar surface area (TPSA) is 69.2 Å². The van der Waals surface area contributed by atoms with Crippen LogP contribution < -0.4 is 19.6 Å². The van der Waals surface area contributed by atoms with Crippen LogP contribution in [0.1, 0.15) is 36.0 Å². The van der Waals surface area contributed by atoms with Gasteiger partial charge in [0.1, 0.15) is 0 Å². The molecular formula is C15H20N2O4. The van der Waals surface area contributed by atoms with Crippen LogP contribution in [-0.2, 0) is 0 Å². The van der Waals surface area contributed by atoms with Gasteiger partial charge in [-0.05, 0) is 37.8 Å². The minimum absolute atomic E-state index is 0.298. The highest BCUT2D eigenvalue weighted by molar-refractivity contribution is 5.96. The molecule has 0 aromatic heterocycles. The second-order valence-electron chi connectivity index (χ2n) is 4.74. The van der Waals surface area contributed by atoms with Crippen molar-refractivity contribution in [1.29, 1.82) is 0 Å². The average Bonchev–Trinajstić information content (AvgIpc) is 3.04. The molecule has 1 aromatic rings. The summed E-state index contributed by atoms with van der Waals surface area (Å²) in [6.45, 7) is 0. The monoisotopic (exact) mass is 292 g/mol. The zero-order valence-corrected chi connectivity index (χ0v) is 12.6. The molecule has 0 unspecified atom stereocenters. The SMILES string of the molecule is COc1cc(C(=O)NN=C2CCCC2)cc(OC)c1OC. The van der Waals surface area contributed by atoms with Crippen LogP contribution in [0.3, 0.4) is 0 Å². The Bertz CT molecular complexity index is 522. The molecule has 114 valence electrons. The maximum Gasteiger partial charge on any atom is 0.271 e. The van der Waals surface area contributed by atoms with Gasteiger partial charge in [-0.1, -0.05) is 0 Å². The summed E-state index contributed by atoms with van der Waals surface area (Å²) in [6.07, 6.45) is 4.18. The van der Waals surface area contributed by atoms with Gasteiger partial charge >= 0.3 is 0 Å². The fourth-order valence-corrected chi connectivity index (χ4v) is 2.30. The zero-order valence-electron chi connectivity index (χ0n) is 12.6. The fourth-order valence-electron chi connectivity index (χ4n) is 2.30. The highest BCUT2D eigenvalue weighted by Crippen LogP contribution is 2.38. The Kier molecular flexibility index (Phi) is 5.03. The van der Waals surface area contributed by atoms with Gasteiger partial charge in [0, 0.05) is 11.3 Å². The average molecular weight is 292 g/mol. The van der Waals surface area contributed by atoms with Crippen molar-refractivity contribution in [2.75, 3.05) is 21.3 Å². The Morgan fingerprint density at radius 2 is 1.62 bits per heavy atom. The van der Waals surface area contributed by atoms with E-state index in [1.807, 2.05) is 0 Å². The number of hydrogen-bond donors (Lipinski definition) is 1. The molecule has 6 heteroatoms. The van der Waals surface area contributed by atoms with E-state index in [2.05, 4.69) is 10.5 Å². The van der Waals surface area contributed by atoms with Gasteiger partial charge < -0.3 is 14.2 Å². The third-order valence-electron chi connectivity index (χ3n) is 3.42. The molecule has 1 saturated carbocycles. The molecule has 1 aliphatic rings. The van der Waals surface area contributed by atoms with Crippen molar-refractivity contribution >= 4 is 11.6 Å². The van der Waals surface area contributed by atoms with E-state index in [0.717, 1.165) is 31.4 Å². The van der Waals surface area contributed by atoms with Gasteiger partial charge in [-0.3, -0.25) is 4.79 Å². The fraction of sp³-hybridized carbons (Fsp3) is 0.467. The number of carbonyl (C=O) groups is 1. The Morgan fingerprint density at radius 3 is 2.10 bits per heavy atom. The van der Waals surface area contributed by atoms with Gasteiger partial charge in [0.15, 0.2) is 11.5 Å². The molecule has 0 aliphatic heterocycles. The molecule has 1 aliphatic carbocycles. The first-order valence-corrected chi connectivity index (χ1v) is 6.85. The van der Waals surface area contributed by atoms with Gasteiger partial charge in [-0.15, -0.1) is 0 Å². The van der Waals surface area contributed by atoms with E-state index in [9.17, 15) is 4.79 Å². The molecule has 0 heterocycles. The summed E-state index contributed by atoms with van der Waals surface area (Å²) in [7, 11) is 4.54. The van der Waals surface area contributed by atoms with Crippen LogP contribution in [0.25, 0.3) is 0 Å². The number of nitrogens with zero attached hydrogens (tertiary/aromatic N) is 1. The molecule has 0 bridgehead atoms. The predicted octanol–water partition coefficient (Wildman–Crippen LogP) is 2.37. The number of carbonyl (C=O) groups excluding carboxylic acids is 1. The lowest BCUT2D eigenvalue weighted by molar-refractivity contribution is 0.0954. The Labute approximate surface area is 124 Å². The Balaban J connectivity index is 2.22.